The van der Waals surface area contributed by atoms with Crippen LogP contribution in [0.4, 0.5) is 4.39 Å². The average Bonchev–Trinajstić information content (AvgIpc) is 3.17. The molecule has 1 amide bonds. The van der Waals surface area contributed by atoms with Crippen molar-refractivity contribution in [2.24, 2.45) is 5.16 Å². The summed E-state index contributed by atoms with van der Waals surface area (Å²) in [6.07, 6.45) is 1.89. The highest BCUT2D eigenvalue weighted by molar-refractivity contribution is 6.04. The molecule has 1 aromatic carbocycles. The molecule has 5 nitrogen and oxygen atoms in total. The number of carbonyl (C=O) groups is 1. The number of carbonyl (C=O) groups excluding carboxylic acids is 1. The van der Waals surface area contributed by atoms with Gasteiger partial charge in [0.25, 0.3) is 5.91 Å². The van der Waals surface area contributed by atoms with Gasteiger partial charge in [-0.15, -0.1) is 0 Å². The maximum atomic E-state index is 12.9. The Labute approximate surface area is 122 Å². The van der Waals surface area contributed by atoms with Gasteiger partial charge >= 0.3 is 0 Å². The molecule has 0 bridgehead atoms. The van der Waals surface area contributed by atoms with Crippen molar-refractivity contribution in [1.82, 2.24) is 5.32 Å². The van der Waals surface area contributed by atoms with Crippen LogP contribution >= 0.6 is 0 Å². The van der Waals surface area contributed by atoms with Crippen LogP contribution in [0.2, 0.25) is 0 Å². The van der Waals surface area contributed by atoms with E-state index in [1.165, 1.54) is 12.1 Å². The quantitative estimate of drug-likeness (QED) is 0.917. The fourth-order valence-electron chi connectivity index (χ4n) is 2.46. The summed E-state index contributed by atoms with van der Waals surface area (Å²) in [6.45, 7) is 1.27. The van der Waals surface area contributed by atoms with E-state index in [1.54, 1.807) is 12.1 Å². The summed E-state index contributed by atoms with van der Waals surface area (Å²) in [5.41, 5.74) is 1.43. The zero-order valence-electron chi connectivity index (χ0n) is 11.5. The molecular weight excluding hydrogens is 275 g/mol. The van der Waals surface area contributed by atoms with Crippen LogP contribution in [0.15, 0.2) is 29.4 Å². The molecule has 1 fully saturated rings. The van der Waals surface area contributed by atoms with Gasteiger partial charge in [-0.3, -0.25) is 4.79 Å². The number of halogens is 1. The van der Waals surface area contributed by atoms with E-state index in [2.05, 4.69) is 10.5 Å². The van der Waals surface area contributed by atoms with Gasteiger partial charge in [-0.05, 0) is 30.5 Å². The van der Waals surface area contributed by atoms with Crippen LogP contribution in [0, 0.1) is 5.82 Å². The molecule has 0 spiro atoms. The van der Waals surface area contributed by atoms with Gasteiger partial charge in [0.2, 0.25) is 6.10 Å². The summed E-state index contributed by atoms with van der Waals surface area (Å²) >= 11 is 0. The van der Waals surface area contributed by atoms with Gasteiger partial charge in [0.05, 0.1) is 11.8 Å². The van der Waals surface area contributed by atoms with Gasteiger partial charge in [0, 0.05) is 19.6 Å². The predicted octanol–water partition coefficient (Wildman–Crippen LogP) is 1.61. The number of rotatable bonds is 4. The number of hydrogen-bond acceptors (Lipinski definition) is 4. The van der Waals surface area contributed by atoms with Crippen molar-refractivity contribution in [2.45, 2.75) is 31.5 Å². The van der Waals surface area contributed by atoms with E-state index in [9.17, 15) is 9.18 Å². The van der Waals surface area contributed by atoms with Crippen LogP contribution in [-0.2, 0) is 14.4 Å². The van der Waals surface area contributed by atoms with Gasteiger partial charge in [-0.1, -0.05) is 17.3 Å². The Morgan fingerprint density at radius 1 is 1.38 bits per heavy atom. The zero-order chi connectivity index (χ0) is 14.7. The Bertz CT molecular complexity index is 538. The molecule has 1 aromatic rings. The number of oxime groups is 1. The Kier molecular flexibility index (Phi) is 4.15. The highest BCUT2D eigenvalue weighted by Crippen LogP contribution is 2.17. The largest absolute Gasteiger partial charge is 0.382 e. The fourth-order valence-corrected chi connectivity index (χ4v) is 2.46. The Morgan fingerprint density at radius 2 is 2.19 bits per heavy atom. The van der Waals surface area contributed by atoms with Crippen LogP contribution in [0.1, 0.15) is 24.8 Å². The van der Waals surface area contributed by atoms with E-state index < -0.39 is 6.10 Å². The van der Waals surface area contributed by atoms with E-state index in [0.717, 1.165) is 25.0 Å². The Hall–Kier alpha value is -1.95. The minimum atomic E-state index is -0.619. The minimum absolute atomic E-state index is 0.104. The van der Waals surface area contributed by atoms with E-state index in [1.807, 2.05) is 0 Å². The molecule has 2 aliphatic heterocycles. The monoisotopic (exact) mass is 292 g/mol. The number of nitrogens with zero attached hydrogens (tertiary/aromatic N) is 1. The summed E-state index contributed by atoms with van der Waals surface area (Å²) in [6, 6.07) is 5.99. The molecule has 2 atom stereocenters. The van der Waals surface area contributed by atoms with Crippen molar-refractivity contribution in [3.63, 3.8) is 0 Å². The second-order valence-corrected chi connectivity index (χ2v) is 5.22. The summed E-state index contributed by atoms with van der Waals surface area (Å²) < 4.78 is 18.3. The lowest BCUT2D eigenvalue weighted by atomic mass is 10.0. The van der Waals surface area contributed by atoms with E-state index >= 15 is 0 Å². The van der Waals surface area contributed by atoms with Crippen molar-refractivity contribution in [3.05, 3.63) is 35.6 Å². The van der Waals surface area contributed by atoms with Gasteiger partial charge in [-0.25, -0.2) is 4.39 Å². The van der Waals surface area contributed by atoms with Crippen molar-refractivity contribution < 1.29 is 18.8 Å². The average molecular weight is 292 g/mol. The summed E-state index contributed by atoms with van der Waals surface area (Å²) in [7, 11) is 0. The van der Waals surface area contributed by atoms with E-state index in [4.69, 9.17) is 9.57 Å². The molecule has 6 heteroatoms. The molecule has 0 aromatic heterocycles. The van der Waals surface area contributed by atoms with Crippen molar-refractivity contribution in [1.29, 1.82) is 0 Å². The van der Waals surface area contributed by atoms with Crippen LogP contribution in [-0.4, -0.2) is 37.0 Å². The minimum Gasteiger partial charge on any atom is -0.382 e. The topological polar surface area (TPSA) is 59.9 Å². The molecule has 21 heavy (non-hydrogen) atoms. The smallest absolute Gasteiger partial charge is 0.264 e. The third kappa shape index (κ3) is 3.39. The highest BCUT2D eigenvalue weighted by atomic mass is 19.1. The van der Waals surface area contributed by atoms with Crippen LogP contribution < -0.4 is 5.32 Å². The molecule has 2 heterocycles. The van der Waals surface area contributed by atoms with Crippen LogP contribution in [0.5, 0.6) is 0 Å². The fraction of sp³-hybridized carbons (Fsp3) is 0.467. The molecule has 0 unspecified atom stereocenters. The Balaban J connectivity index is 1.50. The molecule has 112 valence electrons. The van der Waals surface area contributed by atoms with Gasteiger partial charge in [0.1, 0.15) is 5.82 Å². The van der Waals surface area contributed by atoms with Crippen molar-refractivity contribution in [3.8, 4) is 0 Å². The maximum absolute atomic E-state index is 12.9. The lowest BCUT2D eigenvalue weighted by Gasteiger charge is -2.13. The molecule has 3 rings (SSSR count). The summed E-state index contributed by atoms with van der Waals surface area (Å²) in [5, 5.41) is 6.75. The summed E-state index contributed by atoms with van der Waals surface area (Å²) in [4.78, 5) is 17.2. The first-order valence-electron chi connectivity index (χ1n) is 7.10. The highest BCUT2D eigenvalue weighted by Gasteiger charge is 2.29. The molecule has 0 saturated carbocycles. The summed E-state index contributed by atoms with van der Waals surface area (Å²) in [5.74, 6) is -0.490. The first kappa shape index (κ1) is 14.0. The normalized spacial score (nSPS) is 24.5. The third-order valence-electron chi connectivity index (χ3n) is 3.67. The van der Waals surface area contributed by atoms with E-state index in [0.29, 0.717) is 18.7 Å². The predicted molar refractivity (Wildman–Crippen MR) is 74.4 cm³/mol. The number of amides is 1. The lowest BCUT2D eigenvalue weighted by Crippen LogP contribution is -2.39. The van der Waals surface area contributed by atoms with Gasteiger partial charge in [0.15, 0.2) is 0 Å². The van der Waals surface area contributed by atoms with Gasteiger partial charge in [-0.2, -0.15) is 0 Å². The lowest BCUT2D eigenvalue weighted by molar-refractivity contribution is -0.131. The molecule has 1 N–H and O–H groups in total. The van der Waals surface area contributed by atoms with Crippen molar-refractivity contribution >= 4 is 11.6 Å². The second kappa shape index (κ2) is 6.22. The van der Waals surface area contributed by atoms with E-state index in [-0.39, 0.29) is 17.8 Å². The standard InChI is InChI=1S/C15H17FN2O3/c16-11-5-3-10(4-6-11)13-8-14(21-18-13)15(19)17-9-12-2-1-7-20-12/h3-6,12,14H,1-2,7-9H2,(H,17,19)/t12-,14+/m0/s1. The number of nitrogens with one attached hydrogen (secondary N) is 1. The number of ether oxygens (including phenoxy) is 1. The molecular formula is C15H17FN2O3. The Morgan fingerprint density at radius 3 is 2.90 bits per heavy atom. The van der Waals surface area contributed by atoms with Crippen LogP contribution in [0.25, 0.3) is 0 Å². The maximum Gasteiger partial charge on any atom is 0.264 e. The molecule has 2 aliphatic rings. The van der Waals surface area contributed by atoms with Gasteiger partial charge < -0.3 is 14.9 Å². The first-order valence-corrected chi connectivity index (χ1v) is 7.10. The molecule has 1 saturated heterocycles. The zero-order valence-corrected chi connectivity index (χ0v) is 11.5. The second-order valence-electron chi connectivity index (χ2n) is 5.22. The third-order valence-corrected chi connectivity index (χ3v) is 3.67. The first-order chi connectivity index (χ1) is 10.2. The number of benzene rings is 1. The SMILES string of the molecule is O=C(NC[C@@H]1CCCO1)[C@H]1CC(c2ccc(F)cc2)=NO1. The van der Waals surface area contributed by atoms with Crippen molar-refractivity contribution in [2.75, 3.05) is 13.2 Å². The molecule has 0 radical (unpaired) electrons. The van der Waals surface area contributed by atoms with Crippen LogP contribution in [0.3, 0.4) is 0 Å². The molecule has 0 aliphatic carbocycles. The number of hydrogen-bond donors (Lipinski definition) is 1.